The highest BCUT2D eigenvalue weighted by atomic mass is 32.2. The quantitative estimate of drug-likeness (QED) is 0.839. The van der Waals surface area contributed by atoms with Crippen LogP contribution in [0, 0.1) is 0 Å². The van der Waals surface area contributed by atoms with Crippen molar-refractivity contribution in [2.75, 3.05) is 28.3 Å². The Morgan fingerprint density at radius 1 is 1.28 bits per heavy atom. The van der Waals surface area contributed by atoms with Crippen molar-refractivity contribution in [2.24, 2.45) is 0 Å². The van der Waals surface area contributed by atoms with Crippen LogP contribution >= 0.6 is 11.3 Å². The van der Waals surface area contributed by atoms with Crippen LogP contribution < -0.4 is 10.2 Å². The lowest BCUT2D eigenvalue weighted by Gasteiger charge is -2.29. The number of amides is 1. The van der Waals surface area contributed by atoms with Gasteiger partial charge in [0.25, 0.3) is 0 Å². The maximum atomic E-state index is 12.1. The number of thiophene rings is 1. The predicted molar refractivity (Wildman–Crippen MR) is 103 cm³/mol. The first-order chi connectivity index (χ1) is 12.0. The van der Waals surface area contributed by atoms with Crippen molar-refractivity contribution in [3.8, 4) is 0 Å². The van der Waals surface area contributed by atoms with Crippen LogP contribution in [0.2, 0.25) is 0 Å². The second kappa shape index (κ2) is 7.58. The molecule has 1 aliphatic heterocycles. The Labute approximate surface area is 152 Å². The average molecular weight is 379 g/mol. The SMILES string of the molecule is CCN(c1ccc(NC(=O)Cc2cccs2)cc1)C1CCS(=O)(=O)C1. The summed E-state index contributed by atoms with van der Waals surface area (Å²) in [5.74, 6) is 0.454. The standard InChI is InChI=1S/C18H22N2O3S2/c1-2-20(16-9-11-25(22,23)13-16)15-7-5-14(6-8-15)19-18(21)12-17-4-3-10-24-17/h3-8,10,16H,2,9,11-13H2,1H3,(H,19,21). The van der Waals surface area contributed by atoms with E-state index in [0.717, 1.165) is 22.8 Å². The summed E-state index contributed by atoms with van der Waals surface area (Å²) in [6.07, 6.45) is 1.05. The lowest BCUT2D eigenvalue weighted by molar-refractivity contribution is -0.115. The zero-order valence-electron chi connectivity index (χ0n) is 14.1. The third kappa shape index (κ3) is 4.61. The molecule has 1 aliphatic rings. The minimum atomic E-state index is -2.91. The van der Waals surface area contributed by atoms with Crippen LogP contribution in [0.3, 0.4) is 0 Å². The molecule has 0 saturated carbocycles. The fourth-order valence-corrected chi connectivity index (χ4v) is 5.62. The summed E-state index contributed by atoms with van der Waals surface area (Å²) in [5.41, 5.74) is 1.74. The normalized spacial score (nSPS) is 18.8. The molecular formula is C18H22N2O3S2. The first-order valence-corrected chi connectivity index (χ1v) is 11.1. The van der Waals surface area contributed by atoms with Crippen molar-refractivity contribution < 1.29 is 13.2 Å². The molecule has 0 spiro atoms. The van der Waals surface area contributed by atoms with Crippen LogP contribution in [0.25, 0.3) is 0 Å². The Morgan fingerprint density at radius 3 is 2.60 bits per heavy atom. The number of hydrogen-bond acceptors (Lipinski definition) is 5. The molecule has 1 atom stereocenters. The predicted octanol–water partition coefficient (Wildman–Crippen LogP) is 2.94. The van der Waals surface area contributed by atoms with E-state index in [4.69, 9.17) is 0 Å². The third-order valence-electron chi connectivity index (χ3n) is 4.39. The van der Waals surface area contributed by atoms with Gasteiger partial charge in [-0.2, -0.15) is 0 Å². The molecule has 2 aromatic rings. The fraction of sp³-hybridized carbons (Fsp3) is 0.389. The lowest BCUT2D eigenvalue weighted by atomic mass is 10.1. The molecule has 1 fully saturated rings. The van der Waals surface area contributed by atoms with E-state index in [-0.39, 0.29) is 23.5 Å². The smallest absolute Gasteiger partial charge is 0.229 e. The second-order valence-electron chi connectivity index (χ2n) is 6.19. The third-order valence-corrected chi connectivity index (χ3v) is 7.01. The minimum Gasteiger partial charge on any atom is -0.368 e. The Kier molecular flexibility index (Phi) is 5.44. The fourth-order valence-electron chi connectivity index (χ4n) is 3.19. The Hall–Kier alpha value is -1.86. The van der Waals surface area contributed by atoms with E-state index in [9.17, 15) is 13.2 Å². The molecule has 25 heavy (non-hydrogen) atoms. The summed E-state index contributed by atoms with van der Waals surface area (Å²) in [4.78, 5) is 15.2. The number of carbonyl (C=O) groups excluding carboxylic acids is 1. The van der Waals surface area contributed by atoms with Crippen LogP contribution in [-0.2, 0) is 21.1 Å². The highest BCUT2D eigenvalue weighted by Crippen LogP contribution is 2.25. The Balaban J connectivity index is 1.63. The van der Waals surface area contributed by atoms with Crippen molar-refractivity contribution >= 4 is 38.5 Å². The highest BCUT2D eigenvalue weighted by Gasteiger charge is 2.31. The average Bonchev–Trinajstić information content (AvgIpc) is 3.19. The van der Waals surface area contributed by atoms with E-state index in [2.05, 4.69) is 10.2 Å². The van der Waals surface area contributed by atoms with Gasteiger partial charge in [0.15, 0.2) is 9.84 Å². The number of nitrogens with one attached hydrogen (secondary N) is 1. The van der Waals surface area contributed by atoms with E-state index in [0.29, 0.717) is 12.8 Å². The molecule has 5 nitrogen and oxygen atoms in total. The van der Waals surface area contributed by atoms with Gasteiger partial charge in [0.05, 0.1) is 17.9 Å². The molecule has 2 heterocycles. The first kappa shape index (κ1) is 17.9. The molecular weight excluding hydrogens is 356 g/mol. The first-order valence-electron chi connectivity index (χ1n) is 8.36. The molecule has 1 amide bonds. The van der Waals surface area contributed by atoms with Gasteiger partial charge in [-0.25, -0.2) is 8.42 Å². The Morgan fingerprint density at radius 2 is 2.04 bits per heavy atom. The maximum absolute atomic E-state index is 12.1. The molecule has 0 radical (unpaired) electrons. The van der Waals surface area contributed by atoms with Crippen LogP contribution in [0.1, 0.15) is 18.2 Å². The van der Waals surface area contributed by atoms with Gasteiger partial charge in [-0.05, 0) is 49.1 Å². The van der Waals surface area contributed by atoms with Gasteiger partial charge in [-0.1, -0.05) is 6.07 Å². The Bertz CT molecular complexity index is 815. The minimum absolute atomic E-state index is 0.0364. The van der Waals surface area contributed by atoms with Gasteiger partial charge in [0, 0.05) is 28.8 Å². The summed E-state index contributed by atoms with van der Waals surface area (Å²) in [5, 5.41) is 4.86. The topological polar surface area (TPSA) is 66.5 Å². The zero-order valence-corrected chi connectivity index (χ0v) is 15.8. The molecule has 1 aromatic heterocycles. The van der Waals surface area contributed by atoms with E-state index in [1.807, 2.05) is 48.7 Å². The summed E-state index contributed by atoms with van der Waals surface area (Å²) < 4.78 is 23.5. The van der Waals surface area contributed by atoms with Crippen molar-refractivity contribution in [2.45, 2.75) is 25.8 Å². The summed E-state index contributed by atoms with van der Waals surface area (Å²) in [6, 6.07) is 11.5. The van der Waals surface area contributed by atoms with Crippen molar-refractivity contribution in [1.29, 1.82) is 0 Å². The van der Waals surface area contributed by atoms with Gasteiger partial charge in [-0.3, -0.25) is 4.79 Å². The molecule has 1 saturated heterocycles. The van der Waals surface area contributed by atoms with E-state index in [1.54, 1.807) is 11.3 Å². The van der Waals surface area contributed by atoms with Gasteiger partial charge in [-0.15, -0.1) is 11.3 Å². The van der Waals surface area contributed by atoms with Crippen molar-refractivity contribution in [3.05, 3.63) is 46.7 Å². The maximum Gasteiger partial charge on any atom is 0.229 e. The van der Waals surface area contributed by atoms with Crippen LogP contribution in [-0.4, -0.2) is 38.4 Å². The summed E-state index contributed by atoms with van der Waals surface area (Å²) >= 11 is 1.57. The monoisotopic (exact) mass is 378 g/mol. The van der Waals surface area contributed by atoms with Crippen molar-refractivity contribution in [1.82, 2.24) is 0 Å². The van der Waals surface area contributed by atoms with E-state index in [1.165, 1.54) is 0 Å². The number of benzene rings is 1. The van der Waals surface area contributed by atoms with Crippen LogP contribution in [0.15, 0.2) is 41.8 Å². The molecule has 1 unspecified atom stereocenters. The number of rotatable bonds is 6. The lowest BCUT2D eigenvalue weighted by Crippen LogP contribution is -2.36. The number of sulfone groups is 1. The molecule has 1 N–H and O–H groups in total. The second-order valence-corrected chi connectivity index (χ2v) is 9.46. The molecule has 0 bridgehead atoms. The largest absolute Gasteiger partial charge is 0.368 e. The van der Waals surface area contributed by atoms with Gasteiger partial charge in [0.1, 0.15) is 0 Å². The number of nitrogens with zero attached hydrogens (tertiary/aromatic N) is 1. The summed E-state index contributed by atoms with van der Waals surface area (Å²) in [6.45, 7) is 2.78. The van der Waals surface area contributed by atoms with Gasteiger partial charge in [0.2, 0.25) is 5.91 Å². The number of anilines is 2. The molecule has 1 aromatic carbocycles. The molecule has 3 rings (SSSR count). The van der Waals surface area contributed by atoms with Gasteiger partial charge < -0.3 is 10.2 Å². The van der Waals surface area contributed by atoms with Crippen LogP contribution in [0.4, 0.5) is 11.4 Å². The zero-order chi connectivity index (χ0) is 17.9. The molecule has 7 heteroatoms. The van der Waals surface area contributed by atoms with E-state index >= 15 is 0 Å². The number of hydrogen-bond donors (Lipinski definition) is 1. The highest BCUT2D eigenvalue weighted by molar-refractivity contribution is 7.91. The van der Waals surface area contributed by atoms with E-state index < -0.39 is 9.84 Å². The van der Waals surface area contributed by atoms with Crippen LogP contribution in [0.5, 0.6) is 0 Å². The van der Waals surface area contributed by atoms with Gasteiger partial charge >= 0.3 is 0 Å². The number of carbonyl (C=O) groups is 1. The van der Waals surface area contributed by atoms with Crippen molar-refractivity contribution in [3.63, 3.8) is 0 Å². The molecule has 0 aliphatic carbocycles. The molecule has 134 valence electrons. The summed E-state index contributed by atoms with van der Waals surface area (Å²) in [7, 11) is -2.91.